The summed E-state index contributed by atoms with van der Waals surface area (Å²) >= 11 is 2.93. The topological polar surface area (TPSA) is 98.2 Å². The molecular formula is C11H13N5O2S2. The van der Waals surface area contributed by atoms with Crippen LogP contribution in [0, 0.1) is 10.1 Å². The number of nitro groups is 1. The van der Waals surface area contributed by atoms with E-state index in [4.69, 9.17) is 5.73 Å². The standard InChI is InChI=1S/C11H13N5O2S2/c1-15(2)10-13-14-11(20-10)19-6-7-4-3-5-8(9(7)12)16(17)18/h3-5H,6,12H2,1-2H3. The minimum Gasteiger partial charge on any atom is -0.393 e. The van der Waals surface area contributed by atoms with E-state index in [1.54, 1.807) is 12.1 Å². The number of hydrogen-bond acceptors (Lipinski definition) is 8. The normalized spacial score (nSPS) is 10.5. The zero-order valence-electron chi connectivity index (χ0n) is 10.9. The number of thioether (sulfide) groups is 1. The molecule has 1 heterocycles. The number of para-hydroxylation sites is 1. The van der Waals surface area contributed by atoms with E-state index in [1.807, 2.05) is 19.0 Å². The van der Waals surface area contributed by atoms with Crippen LogP contribution < -0.4 is 10.6 Å². The third-order valence-electron chi connectivity index (χ3n) is 2.50. The van der Waals surface area contributed by atoms with E-state index in [9.17, 15) is 10.1 Å². The van der Waals surface area contributed by atoms with Crippen LogP contribution >= 0.6 is 23.1 Å². The smallest absolute Gasteiger partial charge is 0.292 e. The summed E-state index contributed by atoms with van der Waals surface area (Å²) < 4.78 is 0.805. The third-order valence-corrected chi connectivity index (χ3v) is 4.77. The Labute approximate surface area is 124 Å². The van der Waals surface area contributed by atoms with Crippen LogP contribution in [0.4, 0.5) is 16.5 Å². The van der Waals surface area contributed by atoms with Crippen LogP contribution in [-0.4, -0.2) is 29.2 Å². The van der Waals surface area contributed by atoms with Crippen molar-refractivity contribution in [2.45, 2.75) is 10.1 Å². The lowest BCUT2D eigenvalue weighted by Crippen LogP contribution is -2.07. The van der Waals surface area contributed by atoms with Crippen LogP contribution in [0.3, 0.4) is 0 Å². The predicted molar refractivity (Wildman–Crippen MR) is 81.3 cm³/mol. The maximum Gasteiger partial charge on any atom is 0.292 e. The highest BCUT2D eigenvalue weighted by atomic mass is 32.2. The first kappa shape index (κ1) is 14.5. The zero-order valence-corrected chi connectivity index (χ0v) is 12.6. The number of nitro benzene ring substituents is 1. The van der Waals surface area contributed by atoms with E-state index in [1.165, 1.54) is 29.2 Å². The molecular weight excluding hydrogens is 298 g/mol. The maximum atomic E-state index is 10.8. The highest BCUT2D eigenvalue weighted by Gasteiger charge is 2.15. The molecule has 0 atom stereocenters. The van der Waals surface area contributed by atoms with Gasteiger partial charge in [-0.3, -0.25) is 10.1 Å². The van der Waals surface area contributed by atoms with Gasteiger partial charge in [-0.1, -0.05) is 35.2 Å². The largest absolute Gasteiger partial charge is 0.393 e. The average molecular weight is 311 g/mol. The second-order valence-electron chi connectivity index (χ2n) is 4.14. The molecule has 0 saturated heterocycles. The van der Waals surface area contributed by atoms with E-state index in [0.717, 1.165) is 15.0 Å². The Balaban J connectivity index is 2.10. The molecule has 2 aromatic rings. The highest BCUT2D eigenvalue weighted by molar-refractivity contribution is 8.00. The Kier molecular flexibility index (Phi) is 4.40. The summed E-state index contributed by atoms with van der Waals surface area (Å²) in [6.45, 7) is 0. The van der Waals surface area contributed by atoms with Gasteiger partial charge in [0.05, 0.1) is 4.92 Å². The Bertz CT molecular complexity index is 629. The van der Waals surface area contributed by atoms with Gasteiger partial charge in [0.15, 0.2) is 4.34 Å². The van der Waals surface area contributed by atoms with Crippen molar-refractivity contribution >= 4 is 39.6 Å². The van der Waals surface area contributed by atoms with Gasteiger partial charge in [-0.25, -0.2) is 0 Å². The van der Waals surface area contributed by atoms with Crippen molar-refractivity contribution in [1.82, 2.24) is 10.2 Å². The van der Waals surface area contributed by atoms with Crippen LogP contribution in [0.2, 0.25) is 0 Å². The number of benzene rings is 1. The second-order valence-corrected chi connectivity index (χ2v) is 6.32. The molecule has 20 heavy (non-hydrogen) atoms. The van der Waals surface area contributed by atoms with Gasteiger partial charge < -0.3 is 10.6 Å². The van der Waals surface area contributed by atoms with Crippen LogP contribution in [0.15, 0.2) is 22.5 Å². The average Bonchev–Trinajstić information content (AvgIpc) is 2.86. The Morgan fingerprint density at radius 1 is 1.45 bits per heavy atom. The minimum atomic E-state index is -0.474. The summed E-state index contributed by atoms with van der Waals surface area (Å²) in [6, 6.07) is 4.82. The quantitative estimate of drug-likeness (QED) is 0.392. The van der Waals surface area contributed by atoms with Crippen LogP contribution in [-0.2, 0) is 5.75 Å². The fourth-order valence-electron chi connectivity index (χ4n) is 1.47. The molecule has 0 saturated carbocycles. The summed E-state index contributed by atoms with van der Waals surface area (Å²) in [5, 5.41) is 19.7. The number of hydrogen-bond donors (Lipinski definition) is 1. The van der Waals surface area contributed by atoms with Crippen molar-refractivity contribution in [2.75, 3.05) is 24.7 Å². The number of nitrogen functional groups attached to an aromatic ring is 1. The van der Waals surface area contributed by atoms with Gasteiger partial charge in [-0.15, -0.1) is 10.2 Å². The summed E-state index contributed by atoms with van der Waals surface area (Å²) in [7, 11) is 3.79. The first-order valence-electron chi connectivity index (χ1n) is 5.64. The van der Waals surface area contributed by atoms with Crippen molar-refractivity contribution < 1.29 is 4.92 Å². The van der Waals surface area contributed by atoms with Gasteiger partial charge in [-0.2, -0.15) is 0 Å². The van der Waals surface area contributed by atoms with Crippen molar-refractivity contribution in [1.29, 1.82) is 0 Å². The molecule has 0 aliphatic heterocycles. The lowest BCUT2D eigenvalue weighted by molar-refractivity contribution is -0.383. The third kappa shape index (κ3) is 3.17. The lowest BCUT2D eigenvalue weighted by Gasteiger charge is -2.05. The van der Waals surface area contributed by atoms with Gasteiger partial charge >= 0.3 is 0 Å². The first-order valence-corrected chi connectivity index (χ1v) is 7.44. The van der Waals surface area contributed by atoms with E-state index >= 15 is 0 Å². The SMILES string of the molecule is CN(C)c1nnc(SCc2cccc([N+](=O)[O-])c2N)s1. The molecule has 0 amide bonds. The summed E-state index contributed by atoms with van der Waals surface area (Å²) in [6.07, 6.45) is 0. The predicted octanol–water partition coefficient (Wildman–Crippen LogP) is 2.39. The van der Waals surface area contributed by atoms with Gasteiger partial charge in [0.25, 0.3) is 5.69 Å². The first-order chi connectivity index (χ1) is 9.49. The molecule has 2 rings (SSSR count). The number of rotatable bonds is 5. The molecule has 0 radical (unpaired) electrons. The minimum absolute atomic E-state index is 0.0608. The molecule has 0 bridgehead atoms. The molecule has 0 spiro atoms. The van der Waals surface area contributed by atoms with Gasteiger partial charge in [0.2, 0.25) is 5.13 Å². The molecule has 0 aliphatic carbocycles. The van der Waals surface area contributed by atoms with E-state index in [2.05, 4.69) is 10.2 Å². The van der Waals surface area contributed by atoms with Crippen LogP contribution in [0.1, 0.15) is 5.56 Å². The summed E-state index contributed by atoms with van der Waals surface area (Å²) in [5.74, 6) is 0.523. The Morgan fingerprint density at radius 3 is 2.80 bits per heavy atom. The number of anilines is 2. The molecule has 7 nitrogen and oxygen atoms in total. The molecule has 9 heteroatoms. The van der Waals surface area contributed by atoms with Crippen molar-refractivity contribution in [2.24, 2.45) is 0 Å². The Morgan fingerprint density at radius 2 is 2.20 bits per heavy atom. The van der Waals surface area contributed by atoms with Crippen LogP contribution in [0.25, 0.3) is 0 Å². The molecule has 0 aliphatic rings. The van der Waals surface area contributed by atoms with Crippen molar-refractivity contribution in [3.05, 3.63) is 33.9 Å². The molecule has 0 unspecified atom stereocenters. The fraction of sp³-hybridized carbons (Fsp3) is 0.273. The van der Waals surface area contributed by atoms with Gasteiger partial charge in [0.1, 0.15) is 5.69 Å². The number of aromatic nitrogens is 2. The zero-order chi connectivity index (χ0) is 14.7. The van der Waals surface area contributed by atoms with Crippen molar-refractivity contribution in [3.63, 3.8) is 0 Å². The maximum absolute atomic E-state index is 10.8. The van der Waals surface area contributed by atoms with E-state index < -0.39 is 4.92 Å². The molecule has 0 fully saturated rings. The molecule has 2 N–H and O–H groups in total. The Hall–Kier alpha value is -1.87. The van der Waals surface area contributed by atoms with Crippen molar-refractivity contribution in [3.8, 4) is 0 Å². The molecule has 1 aromatic heterocycles. The fourth-order valence-corrected chi connectivity index (χ4v) is 3.23. The molecule has 1 aromatic carbocycles. The van der Waals surface area contributed by atoms with Gasteiger partial charge in [0, 0.05) is 25.9 Å². The van der Waals surface area contributed by atoms with Crippen LogP contribution in [0.5, 0.6) is 0 Å². The highest BCUT2D eigenvalue weighted by Crippen LogP contribution is 2.33. The second kappa shape index (κ2) is 6.06. The van der Waals surface area contributed by atoms with E-state index in [-0.39, 0.29) is 11.4 Å². The van der Waals surface area contributed by atoms with Gasteiger partial charge in [-0.05, 0) is 5.56 Å². The summed E-state index contributed by atoms with van der Waals surface area (Å²) in [5.41, 5.74) is 6.68. The number of nitrogens with two attached hydrogens (primary N) is 1. The monoisotopic (exact) mass is 311 g/mol. The summed E-state index contributed by atoms with van der Waals surface area (Å²) in [4.78, 5) is 12.2. The number of nitrogens with zero attached hydrogens (tertiary/aromatic N) is 4. The van der Waals surface area contributed by atoms with E-state index in [0.29, 0.717) is 5.75 Å². The lowest BCUT2D eigenvalue weighted by atomic mass is 10.2. The molecule has 106 valence electrons.